The lowest BCUT2D eigenvalue weighted by molar-refractivity contribution is -0.138. The van der Waals surface area contributed by atoms with Crippen LogP contribution in [-0.2, 0) is 14.4 Å². The molecule has 0 radical (unpaired) electrons. The number of carbonyl (C=O) groups excluding carboxylic acids is 3. The summed E-state index contributed by atoms with van der Waals surface area (Å²) >= 11 is 0. The molecule has 34 heavy (non-hydrogen) atoms. The van der Waals surface area contributed by atoms with E-state index in [2.05, 4.69) is 10.6 Å². The van der Waals surface area contributed by atoms with E-state index in [1.54, 1.807) is 26.0 Å². The standard InChI is InChI=1S/C25H26FN3O5/c1-13-7-5-6-8-16(13)22-15(3)17(9-10-18(22)26)19(12-21(31)32)27-25(34)28-23-20(30)11-14(2)29(4)24(23)33/h5-11,19,23H,12H2,1-4H3,(H,31,32)(H2,27,28,34). The highest BCUT2D eigenvalue weighted by atomic mass is 19.1. The summed E-state index contributed by atoms with van der Waals surface area (Å²) in [4.78, 5) is 50.2. The van der Waals surface area contributed by atoms with Crippen molar-refractivity contribution in [2.75, 3.05) is 7.05 Å². The van der Waals surface area contributed by atoms with Crippen LogP contribution in [0.5, 0.6) is 0 Å². The minimum Gasteiger partial charge on any atom is -0.481 e. The molecule has 3 N–H and O–H groups in total. The average molecular weight is 467 g/mol. The Morgan fingerprint density at radius 2 is 1.79 bits per heavy atom. The van der Waals surface area contributed by atoms with Crippen LogP contribution in [0.25, 0.3) is 11.1 Å². The fourth-order valence-corrected chi connectivity index (χ4v) is 4.01. The normalized spacial score (nSPS) is 16.7. The minimum absolute atomic E-state index is 0.313. The number of benzene rings is 2. The first-order valence-corrected chi connectivity index (χ1v) is 10.6. The first-order valence-electron chi connectivity index (χ1n) is 10.6. The number of hydrogen-bond acceptors (Lipinski definition) is 4. The van der Waals surface area contributed by atoms with Crippen LogP contribution < -0.4 is 10.6 Å². The molecule has 0 saturated carbocycles. The van der Waals surface area contributed by atoms with Gasteiger partial charge >= 0.3 is 12.0 Å². The molecule has 0 bridgehead atoms. The molecular weight excluding hydrogens is 441 g/mol. The summed E-state index contributed by atoms with van der Waals surface area (Å²) < 4.78 is 14.8. The van der Waals surface area contributed by atoms with Gasteiger partial charge in [-0.05, 0) is 49.1 Å². The van der Waals surface area contributed by atoms with Crippen LogP contribution in [0.15, 0.2) is 48.2 Å². The van der Waals surface area contributed by atoms with E-state index in [0.29, 0.717) is 28.0 Å². The van der Waals surface area contributed by atoms with Crippen LogP contribution in [0.1, 0.15) is 36.1 Å². The summed E-state index contributed by atoms with van der Waals surface area (Å²) in [6.45, 7) is 5.09. The monoisotopic (exact) mass is 467 g/mol. The molecule has 1 heterocycles. The van der Waals surface area contributed by atoms with Crippen LogP contribution in [0.2, 0.25) is 0 Å². The fourth-order valence-electron chi connectivity index (χ4n) is 4.01. The lowest BCUT2D eigenvalue weighted by atomic mass is 9.89. The van der Waals surface area contributed by atoms with Gasteiger partial charge in [0.05, 0.1) is 12.5 Å². The molecule has 2 aromatic carbocycles. The summed E-state index contributed by atoms with van der Waals surface area (Å²) in [6, 6.07) is 6.53. The summed E-state index contributed by atoms with van der Waals surface area (Å²) in [6.07, 6.45) is 0.762. The molecule has 2 unspecified atom stereocenters. The molecule has 9 heteroatoms. The number of rotatable bonds is 6. The minimum atomic E-state index is -1.42. The summed E-state index contributed by atoms with van der Waals surface area (Å²) in [5.41, 5.74) is 3.14. The van der Waals surface area contributed by atoms with Crippen molar-refractivity contribution in [1.29, 1.82) is 0 Å². The van der Waals surface area contributed by atoms with E-state index >= 15 is 0 Å². The number of ketones is 1. The maximum Gasteiger partial charge on any atom is 0.316 e. The van der Waals surface area contributed by atoms with Gasteiger partial charge < -0.3 is 20.6 Å². The molecule has 0 spiro atoms. The van der Waals surface area contributed by atoms with Crippen LogP contribution in [0, 0.1) is 19.7 Å². The maximum absolute atomic E-state index is 14.8. The number of halogens is 1. The molecule has 3 amide bonds. The van der Waals surface area contributed by atoms with Crippen molar-refractivity contribution in [3.63, 3.8) is 0 Å². The number of likely N-dealkylation sites (N-methyl/N-ethyl adjacent to an activating group) is 1. The second-order valence-corrected chi connectivity index (χ2v) is 8.24. The molecule has 8 nitrogen and oxygen atoms in total. The topological polar surface area (TPSA) is 116 Å². The number of allylic oxidation sites excluding steroid dienone is 1. The number of carboxylic acids is 1. The van der Waals surface area contributed by atoms with Gasteiger partial charge in [0.25, 0.3) is 5.91 Å². The van der Waals surface area contributed by atoms with Crippen molar-refractivity contribution in [1.82, 2.24) is 15.5 Å². The summed E-state index contributed by atoms with van der Waals surface area (Å²) in [5.74, 6) is -2.84. The third kappa shape index (κ3) is 4.98. The summed E-state index contributed by atoms with van der Waals surface area (Å²) in [5, 5.41) is 14.3. The van der Waals surface area contributed by atoms with Gasteiger partial charge in [-0.2, -0.15) is 0 Å². The number of nitrogens with one attached hydrogen (secondary N) is 2. The number of carboxylic acid groups (broad SMARTS) is 1. The second-order valence-electron chi connectivity index (χ2n) is 8.24. The van der Waals surface area contributed by atoms with E-state index in [4.69, 9.17) is 0 Å². The van der Waals surface area contributed by atoms with Crippen molar-refractivity contribution >= 4 is 23.7 Å². The van der Waals surface area contributed by atoms with Gasteiger partial charge in [0.2, 0.25) is 0 Å². The first kappa shape index (κ1) is 24.6. The number of urea groups is 1. The van der Waals surface area contributed by atoms with Gasteiger partial charge in [0, 0.05) is 24.4 Å². The van der Waals surface area contributed by atoms with E-state index in [-0.39, 0.29) is 0 Å². The fraction of sp³-hybridized carbons (Fsp3) is 0.280. The molecule has 2 atom stereocenters. The highest BCUT2D eigenvalue weighted by molar-refractivity contribution is 6.15. The lowest BCUT2D eigenvalue weighted by Gasteiger charge is -2.28. The smallest absolute Gasteiger partial charge is 0.316 e. The molecule has 1 aliphatic rings. The number of aliphatic carboxylic acids is 1. The van der Waals surface area contributed by atoms with E-state index in [9.17, 15) is 28.7 Å². The zero-order valence-electron chi connectivity index (χ0n) is 19.3. The van der Waals surface area contributed by atoms with Gasteiger partial charge in [-0.15, -0.1) is 0 Å². The zero-order valence-corrected chi connectivity index (χ0v) is 19.3. The largest absolute Gasteiger partial charge is 0.481 e. The number of aryl methyl sites for hydroxylation is 1. The van der Waals surface area contributed by atoms with Crippen molar-refractivity contribution in [2.45, 2.75) is 39.3 Å². The Hall–Kier alpha value is -4.01. The predicted molar refractivity (Wildman–Crippen MR) is 123 cm³/mol. The molecule has 0 aromatic heterocycles. The highest BCUT2D eigenvalue weighted by Crippen LogP contribution is 2.34. The summed E-state index contributed by atoms with van der Waals surface area (Å²) in [7, 11) is 1.48. The number of nitrogens with zero attached hydrogens (tertiary/aromatic N) is 1. The van der Waals surface area contributed by atoms with Crippen molar-refractivity contribution in [3.8, 4) is 11.1 Å². The third-order valence-electron chi connectivity index (χ3n) is 5.95. The molecule has 0 aliphatic carbocycles. The first-order chi connectivity index (χ1) is 16.0. The third-order valence-corrected chi connectivity index (χ3v) is 5.95. The Morgan fingerprint density at radius 1 is 1.12 bits per heavy atom. The molecule has 178 valence electrons. The predicted octanol–water partition coefficient (Wildman–Crippen LogP) is 3.24. The zero-order chi connectivity index (χ0) is 25.2. The van der Waals surface area contributed by atoms with Crippen LogP contribution >= 0.6 is 0 Å². The lowest BCUT2D eigenvalue weighted by Crippen LogP contribution is -2.56. The van der Waals surface area contributed by atoms with Gasteiger partial charge in [-0.1, -0.05) is 30.3 Å². The highest BCUT2D eigenvalue weighted by Gasteiger charge is 2.35. The molecule has 3 rings (SSSR count). The van der Waals surface area contributed by atoms with Crippen LogP contribution in [0.3, 0.4) is 0 Å². The number of amides is 3. The van der Waals surface area contributed by atoms with E-state index in [1.165, 1.54) is 30.2 Å². The Morgan fingerprint density at radius 3 is 2.44 bits per heavy atom. The van der Waals surface area contributed by atoms with Crippen molar-refractivity contribution < 1.29 is 28.7 Å². The molecule has 0 saturated heterocycles. The molecule has 1 aliphatic heterocycles. The van der Waals surface area contributed by atoms with Crippen molar-refractivity contribution in [2.24, 2.45) is 0 Å². The van der Waals surface area contributed by atoms with Crippen molar-refractivity contribution in [3.05, 3.63) is 70.7 Å². The Kier molecular flexibility index (Phi) is 7.14. The van der Waals surface area contributed by atoms with Gasteiger partial charge in [-0.25, -0.2) is 9.18 Å². The van der Waals surface area contributed by atoms with Crippen LogP contribution in [-0.4, -0.2) is 46.8 Å². The van der Waals surface area contributed by atoms with Gasteiger partial charge in [0.1, 0.15) is 5.82 Å². The van der Waals surface area contributed by atoms with Gasteiger partial charge in [-0.3, -0.25) is 14.4 Å². The van der Waals surface area contributed by atoms with Gasteiger partial charge in [0.15, 0.2) is 11.8 Å². The Bertz CT molecular complexity index is 1210. The second kappa shape index (κ2) is 9.86. The SMILES string of the molecule is CC1=CC(=O)C(NC(=O)NC(CC(=O)O)c2ccc(F)c(-c3ccccc3C)c2C)C(=O)N1C. The maximum atomic E-state index is 14.8. The molecule has 2 aromatic rings. The van der Waals surface area contributed by atoms with E-state index in [1.807, 2.05) is 19.1 Å². The number of carbonyl (C=O) groups is 4. The van der Waals surface area contributed by atoms with E-state index in [0.717, 1.165) is 5.56 Å². The number of hydrogen-bond donors (Lipinski definition) is 3. The van der Waals surface area contributed by atoms with Crippen LogP contribution in [0.4, 0.5) is 9.18 Å². The average Bonchev–Trinajstić information content (AvgIpc) is 2.76. The van der Waals surface area contributed by atoms with E-state index < -0.39 is 48.0 Å². The Balaban J connectivity index is 1.93. The molecular formula is C25H26FN3O5. The Labute approximate surface area is 196 Å². The molecule has 0 fully saturated rings. The quantitative estimate of drug-likeness (QED) is 0.564.